The van der Waals surface area contributed by atoms with E-state index >= 15 is 0 Å². The van der Waals surface area contributed by atoms with Crippen LogP contribution in [0.5, 0.6) is 0 Å². The van der Waals surface area contributed by atoms with E-state index < -0.39 is 83.1 Å². The van der Waals surface area contributed by atoms with Gasteiger partial charge in [0.05, 0.1) is 30.9 Å². The summed E-state index contributed by atoms with van der Waals surface area (Å²) in [5.74, 6) is 1.42. The lowest BCUT2D eigenvalue weighted by atomic mass is 10.1. The number of fused-ring (bicyclic) bond motifs is 2. The highest BCUT2D eigenvalue weighted by molar-refractivity contribution is 5.89. The first-order chi connectivity index (χ1) is 33.2. The summed E-state index contributed by atoms with van der Waals surface area (Å²) in [6.45, 7) is 7.80. The Balaban J connectivity index is 0.000000228. The van der Waals surface area contributed by atoms with Crippen molar-refractivity contribution in [1.29, 1.82) is 0 Å². The molecule has 370 valence electrons. The molecular formula is C44H48N10O16. The Kier molecular flexibility index (Phi) is 17.5. The van der Waals surface area contributed by atoms with Gasteiger partial charge in [0.1, 0.15) is 12.7 Å². The SMILES string of the molecule is C#CCn1c(=O)[nH]c2nc(NC(C)=O)[nH]c(=O)c21.C#CCn1c(=O)n([C@@H]2O[C@H](COC(=O)c3ccccc3)C[C@H]2OC(C)=O)c2nc(NC(C)=O)[nH]c(=O)c21.CC[C@@H]1C[C@@H](OC(C)=O)C(OC(C)=O)O1. The highest BCUT2D eigenvalue weighted by Crippen LogP contribution is 2.33. The second-order valence-electron chi connectivity index (χ2n) is 15.2. The molecule has 6 heterocycles. The van der Waals surface area contributed by atoms with Gasteiger partial charge in [-0.3, -0.25) is 68.3 Å². The van der Waals surface area contributed by atoms with Crippen molar-refractivity contribution >= 4 is 69.9 Å². The first-order valence-electron chi connectivity index (χ1n) is 21.2. The summed E-state index contributed by atoms with van der Waals surface area (Å²) in [5.41, 5.74) is -2.38. The molecule has 2 fully saturated rings. The normalized spacial score (nSPS) is 19.0. The zero-order valence-corrected chi connectivity index (χ0v) is 38.5. The number of esters is 4. The predicted molar refractivity (Wildman–Crippen MR) is 244 cm³/mol. The Morgan fingerprint density at radius 1 is 0.729 bits per heavy atom. The van der Waals surface area contributed by atoms with Crippen LogP contribution in [0.3, 0.4) is 0 Å². The number of terminal acetylenes is 2. The maximum absolute atomic E-state index is 13.4. The Bertz CT molecular complexity index is 3090. The molecule has 0 radical (unpaired) electrons. The van der Waals surface area contributed by atoms with Crippen LogP contribution in [0.25, 0.3) is 22.3 Å². The molecule has 2 saturated heterocycles. The molecule has 1 unspecified atom stereocenters. The number of aromatic amines is 3. The number of carbonyl (C=O) groups excluding carboxylic acids is 6. The van der Waals surface area contributed by atoms with Crippen molar-refractivity contribution in [2.75, 3.05) is 17.2 Å². The van der Waals surface area contributed by atoms with Gasteiger partial charge in [-0.15, -0.1) is 12.8 Å². The van der Waals surface area contributed by atoms with Crippen molar-refractivity contribution < 1.29 is 57.2 Å². The number of amides is 2. The smallest absolute Gasteiger partial charge is 0.338 e. The number of aromatic nitrogens is 8. The number of H-pyrrole nitrogens is 3. The molecule has 2 aliphatic rings. The van der Waals surface area contributed by atoms with E-state index in [1.54, 1.807) is 30.3 Å². The van der Waals surface area contributed by atoms with E-state index in [9.17, 15) is 47.9 Å². The number of anilines is 2. The summed E-state index contributed by atoms with van der Waals surface area (Å²) in [6, 6.07) is 8.33. The van der Waals surface area contributed by atoms with Gasteiger partial charge in [-0.05, 0) is 18.6 Å². The quantitative estimate of drug-likeness (QED) is 0.0648. The predicted octanol–water partition coefficient (Wildman–Crippen LogP) is 0.565. The van der Waals surface area contributed by atoms with Crippen LogP contribution in [0.2, 0.25) is 0 Å². The molecular weight excluding hydrogens is 925 g/mol. The van der Waals surface area contributed by atoms with Crippen molar-refractivity contribution in [3.63, 3.8) is 0 Å². The third-order valence-corrected chi connectivity index (χ3v) is 9.84. The van der Waals surface area contributed by atoms with Gasteiger partial charge < -0.3 is 28.4 Å². The van der Waals surface area contributed by atoms with E-state index in [1.165, 1.54) is 34.6 Å². The number of ether oxygens (including phenoxy) is 6. The summed E-state index contributed by atoms with van der Waals surface area (Å²) in [5, 5.41) is 4.68. The summed E-state index contributed by atoms with van der Waals surface area (Å²) in [7, 11) is 0. The fourth-order valence-corrected chi connectivity index (χ4v) is 7.16. The van der Waals surface area contributed by atoms with Crippen molar-refractivity contribution in [2.45, 2.75) is 111 Å². The summed E-state index contributed by atoms with van der Waals surface area (Å²) >= 11 is 0. The highest BCUT2D eigenvalue weighted by Gasteiger charge is 2.42. The molecule has 0 saturated carbocycles. The fraction of sp³-hybridized carbons (Fsp3) is 0.409. The number of carbonyl (C=O) groups is 6. The van der Waals surface area contributed by atoms with E-state index in [0.29, 0.717) is 12.0 Å². The molecule has 7 rings (SSSR count). The standard InChI is InChI=1S/C24H23N5O8.C10H9N5O3.C10H16O5/c1-4-10-28-18-19(26-23(25-13(2)30)27-20(18)32)29(24(28)34)21-17(36-14(3)31)11-16(37-21)12-35-22(33)15-8-6-5-7-9-15;1-3-4-15-6-7(13-10(15)18)12-9(11-5(2)16)14-8(6)17;1-4-8-5-9(13-6(2)11)10(15-8)14-7(3)12/h1,5-9,16-17,21H,10-12H2,2-3H3,(H2,25,26,27,30,32);1H,4H2,2H3,(H3,11,12,13,14,16,17,18);8-10H,4-5H2,1-3H3/t16-,17+,21+;;8-,9-,10?/m0.1/s1. The highest BCUT2D eigenvalue weighted by atomic mass is 16.7. The van der Waals surface area contributed by atoms with Crippen LogP contribution in [0, 0.1) is 24.7 Å². The molecule has 0 aliphatic carbocycles. The van der Waals surface area contributed by atoms with Gasteiger partial charge in [0.15, 0.2) is 34.7 Å². The van der Waals surface area contributed by atoms with Gasteiger partial charge in [0.2, 0.25) is 30.0 Å². The summed E-state index contributed by atoms with van der Waals surface area (Å²) in [6.07, 6.45) is 7.78. The first-order valence-corrected chi connectivity index (χ1v) is 21.2. The lowest BCUT2D eigenvalue weighted by Gasteiger charge is -2.19. The van der Waals surface area contributed by atoms with Crippen molar-refractivity contribution in [3.8, 4) is 24.7 Å². The van der Waals surface area contributed by atoms with E-state index in [1.807, 2.05) is 6.92 Å². The molecule has 2 aliphatic heterocycles. The molecule has 2 amide bonds. The second-order valence-corrected chi connectivity index (χ2v) is 15.2. The molecule has 70 heavy (non-hydrogen) atoms. The number of hydrogen-bond donors (Lipinski definition) is 5. The molecule has 0 bridgehead atoms. The van der Waals surface area contributed by atoms with Gasteiger partial charge in [-0.2, -0.15) is 9.97 Å². The Hall–Kier alpha value is -8.62. The summed E-state index contributed by atoms with van der Waals surface area (Å²) in [4.78, 5) is 133. The maximum Gasteiger partial charge on any atom is 0.338 e. The van der Waals surface area contributed by atoms with Gasteiger partial charge >= 0.3 is 35.3 Å². The van der Waals surface area contributed by atoms with Crippen LogP contribution < -0.4 is 33.1 Å². The van der Waals surface area contributed by atoms with Crippen LogP contribution in [-0.2, 0) is 65.5 Å². The molecule has 1 aromatic carbocycles. The Morgan fingerprint density at radius 2 is 1.29 bits per heavy atom. The fourth-order valence-electron chi connectivity index (χ4n) is 7.16. The zero-order valence-electron chi connectivity index (χ0n) is 38.5. The van der Waals surface area contributed by atoms with E-state index in [4.69, 9.17) is 41.3 Å². The Labute approximate surface area is 395 Å². The average Bonchev–Trinajstić information content (AvgIpc) is 4.01. The van der Waals surface area contributed by atoms with Crippen LogP contribution in [0.1, 0.15) is 77.4 Å². The van der Waals surface area contributed by atoms with Crippen molar-refractivity contribution in [1.82, 2.24) is 38.6 Å². The van der Waals surface area contributed by atoms with Crippen LogP contribution >= 0.6 is 0 Å². The summed E-state index contributed by atoms with van der Waals surface area (Å²) < 4.78 is 35.3. The average molecular weight is 973 g/mol. The maximum atomic E-state index is 13.4. The minimum atomic E-state index is -1.22. The van der Waals surface area contributed by atoms with Crippen LogP contribution in [0.4, 0.5) is 11.9 Å². The molecule has 0 spiro atoms. The third kappa shape index (κ3) is 13.1. The largest absolute Gasteiger partial charge is 0.459 e. The first kappa shape index (κ1) is 52.4. The molecule has 5 N–H and O–H groups in total. The number of nitrogens with one attached hydrogen (secondary N) is 5. The number of nitrogens with zero attached hydrogens (tertiary/aromatic N) is 5. The number of rotatable bonds is 12. The molecule has 5 aromatic rings. The molecule has 26 nitrogen and oxygen atoms in total. The van der Waals surface area contributed by atoms with Crippen molar-refractivity contribution in [2.24, 2.45) is 0 Å². The monoisotopic (exact) mass is 972 g/mol. The Morgan fingerprint density at radius 3 is 1.86 bits per heavy atom. The molecule has 6 atom stereocenters. The lowest BCUT2D eigenvalue weighted by molar-refractivity contribution is -0.194. The number of benzene rings is 1. The topological polar surface area (TPSA) is 338 Å². The van der Waals surface area contributed by atoms with Gasteiger partial charge in [0, 0.05) is 47.5 Å². The van der Waals surface area contributed by atoms with E-state index in [0.717, 1.165) is 20.1 Å². The second kappa shape index (κ2) is 23.4. The minimum absolute atomic E-state index is 0.0151. The van der Waals surface area contributed by atoms with Gasteiger partial charge in [-0.1, -0.05) is 37.0 Å². The minimum Gasteiger partial charge on any atom is -0.459 e. The van der Waals surface area contributed by atoms with Crippen molar-refractivity contribution in [3.05, 3.63) is 77.6 Å². The molecule has 4 aromatic heterocycles. The van der Waals surface area contributed by atoms with E-state index in [2.05, 4.69) is 47.4 Å². The molecule has 26 heteroatoms. The lowest BCUT2D eigenvalue weighted by Crippen LogP contribution is -2.33. The van der Waals surface area contributed by atoms with Gasteiger partial charge in [0.25, 0.3) is 11.1 Å². The zero-order chi connectivity index (χ0) is 51.4. The van der Waals surface area contributed by atoms with Gasteiger partial charge in [-0.25, -0.2) is 19.0 Å². The number of hydrogen-bond acceptors (Lipinski definition) is 18. The van der Waals surface area contributed by atoms with E-state index in [-0.39, 0.29) is 72.4 Å². The van der Waals surface area contributed by atoms with Crippen LogP contribution in [0.15, 0.2) is 49.5 Å². The number of imidazole rings is 2. The van der Waals surface area contributed by atoms with Crippen LogP contribution in [-0.4, -0.2) is 112 Å². The third-order valence-electron chi connectivity index (χ3n) is 9.84.